The van der Waals surface area contributed by atoms with Crippen LogP contribution in [0.25, 0.3) is 0 Å². The summed E-state index contributed by atoms with van der Waals surface area (Å²) >= 11 is 17.9. The Bertz CT molecular complexity index is 803. The minimum Gasteiger partial charge on any atom is -0.347 e. The minimum atomic E-state index is -0.722. The van der Waals surface area contributed by atoms with Gasteiger partial charge in [0.1, 0.15) is 5.69 Å². The molecule has 0 heterocycles. The molecule has 10 heteroatoms. The summed E-state index contributed by atoms with van der Waals surface area (Å²) in [4.78, 5) is 20.6. The summed E-state index contributed by atoms with van der Waals surface area (Å²) in [6.45, 7) is 1.50. The third-order valence-corrected chi connectivity index (χ3v) is 3.78. The summed E-state index contributed by atoms with van der Waals surface area (Å²) < 4.78 is 0. The van der Waals surface area contributed by atoms with Gasteiger partial charge in [-0.1, -0.05) is 34.8 Å². The van der Waals surface area contributed by atoms with Gasteiger partial charge < -0.3 is 5.32 Å². The number of nitrogens with zero attached hydrogens (tertiary/aromatic N) is 2. The Labute approximate surface area is 145 Å². The molecule has 0 aliphatic carbocycles. The number of nitrogens with one attached hydrogen (secondary N) is 1. The van der Waals surface area contributed by atoms with Crippen molar-refractivity contribution >= 4 is 57.6 Å². The second-order valence-electron chi connectivity index (χ2n) is 4.54. The highest BCUT2D eigenvalue weighted by Crippen LogP contribution is 2.40. The third-order valence-electron chi connectivity index (χ3n) is 2.96. The van der Waals surface area contributed by atoms with Crippen LogP contribution in [-0.2, 0) is 0 Å². The zero-order valence-corrected chi connectivity index (χ0v) is 13.7. The van der Waals surface area contributed by atoms with Crippen molar-refractivity contribution in [2.24, 2.45) is 0 Å². The van der Waals surface area contributed by atoms with Gasteiger partial charge in [-0.05, 0) is 24.6 Å². The number of nitro benzene ring substituents is 2. The van der Waals surface area contributed by atoms with E-state index in [1.54, 1.807) is 0 Å². The van der Waals surface area contributed by atoms with Crippen LogP contribution in [-0.4, -0.2) is 9.85 Å². The van der Waals surface area contributed by atoms with Crippen LogP contribution in [0.3, 0.4) is 0 Å². The van der Waals surface area contributed by atoms with Crippen LogP contribution >= 0.6 is 34.8 Å². The van der Waals surface area contributed by atoms with E-state index in [2.05, 4.69) is 5.32 Å². The Morgan fingerprint density at radius 2 is 1.48 bits per heavy atom. The highest BCUT2D eigenvalue weighted by atomic mass is 35.5. The van der Waals surface area contributed by atoms with Gasteiger partial charge in [-0.15, -0.1) is 0 Å². The molecular formula is C13H8Cl3N3O4. The van der Waals surface area contributed by atoms with Crippen LogP contribution in [0.15, 0.2) is 24.3 Å². The molecule has 0 amide bonds. The lowest BCUT2D eigenvalue weighted by Gasteiger charge is -2.13. The van der Waals surface area contributed by atoms with Crippen molar-refractivity contribution in [3.05, 3.63) is 65.1 Å². The monoisotopic (exact) mass is 375 g/mol. The minimum absolute atomic E-state index is 0.0618. The van der Waals surface area contributed by atoms with Gasteiger partial charge in [0.05, 0.1) is 31.6 Å². The number of aryl methyl sites for hydroxylation is 1. The second-order valence-corrected chi connectivity index (χ2v) is 5.79. The Balaban J connectivity index is 2.60. The molecule has 0 bridgehead atoms. The van der Waals surface area contributed by atoms with Crippen molar-refractivity contribution in [2.45, 2.75) is 6.92 Å². The molecule has 0 spiro atoms. The third kappa shape index (κ3) is 3.64. The number of hydrogen-bond acceptors (Lipinski definition) is 5. The SMILES string of the molecule is Cc1cc([N+](=O)[O-])cc([N+](=O)[O-])c1Nc1c(Cl)cc(Cl)cc1Cl. The van der Waals surface area contributed by atoms with E-state index in [1.165, 1.54) is 25.1 Å². The zero-order chi connectivity index (χ0) is 17.3. The van der Waals surface area contributed by atoms with E-state index in [1.807, 2.05) is 0 Å². The van der Waals surface area contributed by atoms with Gasteiger partial charge in [0.2, 0.25) is 0 Å². The first-order valence-corrected chi connectivity index (χ1v) is 7.19. The average molecular weight is 377 g/mol. The van der Waals surface area contributed by atoms with Crippen LogP contribution in [0.5, 0.6) is 0 Å². The standard InChI is InChI=1S/C13H8Cl3N3O4/c1-6-2-8(18(20)21)5-11(19(22)23)12(6)17-13-9(15)3-7(14)4-10(13)16/h2-5,17H,1H3. The molecule has 0 aliphatic rings. The van der Waals surface area contributed by atoms with Gasteiger partial charge in [-0.2, -0.15) is 0 Å². The molecule has 120 valence electrons. The molecule has 0 saturated carbocycles. The van der Waals surface area contributed by atoms with E-state index >= 15 is 0 Å². The fourth-order valence-electron chi connectivity index (χ4n) is 1.95. The summed E-state index contributed by atoms with van der Waals surface area (Å²) in [5, 5.41) is 25.5. The molecule has 23 heavy (non-hydrogen) atoms. The molecule has 0 unspecified atom stereocenters. The molecule has 2 aromatic rings. The summed E-state index contributed by atoms with van der Waals surface area (Å²) in [7, 11) is 0. The lowest BCUT2D eigenvalue weighted by Crippen LogP contribution is -2.02. The average Bonchev–Trinajstić information content (AvgIpc) is 2.42. The van der Waals surface area contributed by atoms with Gasteiger partial charge in [0.15, 0.2) is 0 Å². The number of rotatable bonds is 4. The van der Waals surface area contributed by atoms with E-state index in [0.29, 0.717) is 10.6 Å². The second kappa shape index (κ2) is 6.57. The van der Waals surface area contributed by atoms with Gasteiger partial charge in [0, 0.05) is 11.1 Å². The molecule has 2 rings (SSSR count). The zero-order valence-electron chi connectivity index (χ0n) is 11.5. The molecule has 2 aromatic carbocycles. The summed E-state index contributed by atoms with van der Waals surface area (Å²) in [5.41, 5.74) is -0.260. The van der Waals surface area contributed by atoms with E-state index in [4.69, 9.17) is 34.8 Å². The maximum Gasteiger partial charge on any atom is 0.299 e. The summed E-state index contributed by atoms with van der Waals surface area (Å²) in [6.07, 6.45) is 0. The fraction of sp³-hybridized carbons (Fsp3) is 0.0769. The Morgan fingerprint density at radius 1 is 0.913 bits per heavy atom. The van der Waals surface area contributed by atoms with Gasteiger partial charge in [-0.3, -0.25) is 20.2 Å². The predicted molar refractivity (Wildman–Crippen MR) is 89.2 cm³/mol. The lowest BCUT2D eigenvalue weighted by molar-refractivity contribution is -0.393. The van der Waals surface area contributed by atoms with E-state index in [-0.39, 0.29) is 27.1 Å². The molecule has 1 N–H and O–H groups in total. The molecular weight excluding hydrogens is 369 g/mol. The normalized spacial score (nSPS) is 10.4. The largest absolute Gasteiger partial charge is 0.347 e. The topological polar surface area (TPSA) is 98.3 Å². The number of anilines is 2. The first-order chi connectivity index (χ1) is 10.7. The number of hydrogen-bond donors (Lipinski definition) is 1. The number of non-ortho nitro benzene ring substituents is 1. The summed E-state index contributed by atoms with van der Waals surface area (Å²) in [6, 6.07) is 4.92. The molecule has 0 saturated heterocycles. The number of halogens is 3. The van der Waals surface area contributed by atoms with Crippen LogP contribution < -0.4 is 5.32 Å². The Morgan fingerprint density at radius 3 is 1.96 bits per heavy atom. The van der Waals surface area contributed by atoms with Crippen molar-refractivity contribution in [3.63, 3.8) is 0 Å². The van der Waals surface area contributed by atoms with Crippen molar-refractivity contribution in [1.82, 2.24) is 0 Å². The Hall–Kier alpha value is -2.09. The molecule has 0 radical (unpaired) electrons. The summed E-state index contributed by atoms with van der Waals surface area (Å²) in [5.74, 6) is 0. The number of nitro groups is 2. The molecule has 7 nitrogen and oxygen atoms in total. The molecule has 0 aliphatic heterocycles. The van der Waals surface area contributed by atoms with Crippen LogP contribution in [0.4, 0.5) is 22.7 Å². The maximum absolute atomic E-state index is 11.2. The van der Waals surface area contributed by atoms with E-state index in [9.17, 15) is 20.2 Å². The van der Waals surface area contributed by atoms with Crippen molar-refractivity contribution in [2.75, 3.05) is 5.32 Å². The lowest BCUT2D eigenvalue weighted by atomic mass is 10.1. The predicted octanol–water partition coefficient (Wildman–Crippen LogP) is 5.52. The van der Waals surface area contributed by atoms with Gasteiger partial charge >= 0.3 is 0 Å². The van der Waals surface area contributed by atoms with Crippen molar-refractivity contribution in [1.29, 1.82) is 0 Å². The molecule has 0 fully saturated rings. The quantitative estimate of drug-likeness (QED) is 0.560. The van der Waals surface area contributed by atoms with Crippen molar-refractivity contribution < 1.29 is 9.85 Å². The van der Waals surface area contributed by atoms with Gasteiger partial charge in [-0.25, -0.2) is 0 Å². The van der Waals surface area contributed by atoms with Gasteiger partial charge in [0.25, 0.3) is 11.4 Å². The van der Waals surface area contributed by atoms with Crippen molar-refractivity contribution in [3.8, 4) is 0 Å². The first kappa shape index (κ1) is 17.3. The van der Waals surface area contributed by atoms with E-state index < -0.39 is 15.5 Å². The van der Waals surface area contributed by atoms with Crippen LogP contribution in [0.1, 0.15) is 5.56 Å². The Kier molecular flexibility index (Phi) is 4.93. The highest BCUT2D eigenvalue weighted by molar-refractivity contribution is 6.41. The maximum atomic E-state index is 11.2. The highest BCUT2D eigenvalue weighted by Gasteiger charge is 2.23. The van der Waals surface area contributed by atoms with E-state index in [0.717, 1.165) is 6.07 Å². The van der Waals surface area contributed by atoms with Crippen LogP contribution in [0, 0.1) is 27.2 Å². The molecule has 0 aromatic heterocycles. The first-order valence-electron chi connectivity index (χ1n) is 6.05. The molecule has 0 atom stereocenters. The van der Waals surface area contributed by atoms with Crippen LogP contribution in [0.2, 0.25) is 15.1 Å². The smallest absolute Gasteiger partial charge is 0.299 e. The number of benzene rings is 2. The fourth-order valence-corrected chi connectivity index (χ4v) is 2.86.